The Morgan fingerprint density at radius 3 is 2.94 bits per heavy atom. The van der Waals surface area contributed by atoms with Gasteiger partial charge in [0.25, 0.3) is 5.91 Å². The first kappa shape index (κ1) is 10.7. The summed E-state index contributed by atoms with van der Waals surface area (Å²) < 4.78 is 0. The summed E-state index contributed by atoms with van der Waals surface area (Å²) in [6.45, 7) is 0.821. The fraction of sp³-hybridized carbons (Fsp3) is 0.455. The fourth-order valence-corrected chi connectivity index (χ4v) is 1.61. The van der Waals surface area contributed by atoms with Crippen LogP contribution in [-0.2, 0) is 0 Å². The Kier molecular flexibility index (Phi) is 2.94. The van der Waals surface area contributed by atoms with E-state index in [1.807, 2.05) is 0 Å². The van der Waals surface area contributed by atoms with Gasteiger partial charge in [-0.05, 0) is 18.4 Å². The zero-order chi connectivity index (χ0) is 11.5. The molecule has 1 aromatic heterocycles. The van der Waals surface area contributed by atoms with Gasteiger partial charge >= 0.3 is 0 Å². The number of nitrogens with two attached hydrogens (primary N) is 2. The fourth-order valence-electron chi connectivity index (χ4n) is 1.61. The molecule has 0 aromatic carbocycles. The van der Waals surface area contributed by atoms with Gasteiger partial charge in [-0.15, -0.1) is 0 Å². The summed E-state index contributed by atoms with van der Waals surface area (Å²) >= 11 is 0. The number of aromatic nitrogens is 1. The van der Waals surface area contributed by atoms with E-state index in [0.717, 1.165) is 18.9 Å². The number of carbonyl (C=O) groups is 1. The maximum Gasteiger partial charge on any atom is 0.252 e. The predicted octanol–water partition coefficient (Wildman–Crippen LogP) is 0.975. The third-order valence-electron chi connectivity index (χ3n) is 2.72. The number of carbonyl (C=O) groups excluding carboxylic acids is 1. The van der Waals surface area contributed by atoms with Crippen LogP contribution >= 0.6 is 0 Å². The second-order valence-electron chi connectivity index (χ2n) is 4.19. The van der Waals surface area contributed by atoms with Gasteiger partial charge in [-0.3, -0.25) is 4.79 Å². The van der Waals surface area contributed by atoms with E-state index in [0.29, 0.717) is 17.1 Å². The zero-order valence-electron chi connectivity index (χ0n) is 9.07. The number of nitrogens with zero attached hydrogens (tertiary/aromatic N) is 1. The van der Waals surface area contributed by atoms with Crippen LogP contribution in [0.25, 0.3) is 0 Å². The smallest absolute Gasteiger partial charge is 0.252 e. The van der Waals surface area contributed by atoms with Crippen molar-refractivity contribution in [2.75, 3.05) is 17.6 Å². The molecule has 16 heavy (non-hydrogen) atoms. The minimum Gasteiger partial charge on any atom is -0.397 e. The topological polar surface area (TPSA) is 94.0 Å². The van der Waals surface area contributed by atoms with Crippen LogP contribution in [0.5, 0.6) is 0 Å². The molecule has 5 N–H and O–H groups in total. The van der Waals surface area contributed by atoms with Gasteiger partial charge in [-0.25, -0.2) is 4.98 Å². The lowest BCUT2D eigenvalue weighted by atomic mass is 10.2. The molecule has 5 nitrogen and oxygen atoms in total. The van der Waals surface area contributed by atoms with E-state index in [-0.39, 0.29) is 0 Å². The lowest BCUT2D eigenvalue weighted by molar-refractivity contribution is 0.100. The van der Waals surface area contributed by atoms with E-state index in [4.69, 9.17) is 11.5 Å². The van der Waals surface area contributed by atoms with Gasteiger partial charge < -0.3 is 16.8 Å². The van der Waals surface area contributed by atoms with E-state index in [9.17, 15) is 4.79 Å². The van der Waals surface area contributed by atoms with Crippen molar-refractivity contribution >= 4 is 17.4 Å². The van der Waals surface area contributed by atoms with E-state index in [1.54, 1.807) is 6.07 Å². The van der Waals surface area contributed by atoms with E-state index in [2.05, 4.69) is 10.3 Å². The summed E-state index contributed by atoms with van der Waals surface area (Å²) in [5.74, 6) is 0.870. The van der Waals surface area contributed by atoms with Crippen LogP contribution < -0.4 is 16.8 Å². The molecular weight excluding hydrogens is 204 g/mol. The van der Waals surface area contributed by atoms with Gasteiger partial charge in [0.15, 0.2) is 0 Å². The van der Waals surface area contributed by atoms with Crippen LogP contribution in [0.15, 0.2) is 12.3 Å². The molecule has 5 heteroatoms. The second-order valence-corrected chi connectivity index (χ2v) is 4.19. The highest BCUT2D eigenvalue weighted by Crippen LogP contribution is 2.32. The molecule has 0 bridgehead atoms. The summed E-state index contributed by atoms with van der Waals surface area (Å²) in [5, 5.41) is 3.13. The zero-order valence-corrected chi connectivity index (χ0v) is 9.07. The molecule has 86 valence electrons. The Labute approximate surface area is 94.2 Å². The lowest BCUT2D eigenvalue weighted by Crippen LogP contribution is -2.16. The maximum absolute atomic E-state index is 11.2. The third kappa shape index (κ3) is 2.62. The van der Waals surface area contributed by atoms with E-state index >= 15 is 0 Å². The van der Waals surface area contributed by atoms with Crippen molar-refractivity contribution in [1.29, 1.82) is 0 Å². The van der Waals surface area contributed by atoms with Gasteiger partial charge in [0.05, 0.1) is 17.4 Å². The molecule has 1 heterocycles. The molecule has 1 amide bonds. The number of amides is 1. The number of pyridine rings is 1. The van der Waals surface area contributed by atoms with Gasteiger partial charge in [0.2, 0.25) is 0 Å². The van der Waals surface area contributed by atoms with Crippen molar-refractivity contribution < 1.29 is 4.79 Å². The number of hydrogen-bond acceptors (Lipinski definition) is 4. The van der Waals surface area contributed by atoms with Gasteiger partial charge in [-0.2, -0.15) is 0 Å². The molecule has 0 unspecified atom stereocenters. The average molecular weight is 220 g/mol. The molecule has 0 atom stereocenters. The van der Waals surface area contributed by atoms with Gasteiger partial charge in [-0.1, -0.05) is 12.8 Å². The number of rotatable bonds is 5. The van der Waals surface area contributed by atoms with Crippen LogP contribution in [0.2, 0.25) is 0 Å². The Morgan fingerprint density at radius 1 is 1.56 bits per heavy atom. The van der Waals surface area contributed by atoms with Crippen molar-refractivity contribution in [3.05, 3.63) is 17.8 Å². The molecule has 1 aliphatic rings. The molecule has 1 aromatic rings. The number of primary amides is 1. The molecule has 0 spiro atoms. The predicted molar refractivity (Wildman–Crippen MR) is 63.0 cm³/mol. The van der Waals surface area contributed by atoms with Crippen LogP contribution in [0.3, 0.4) is 0 Å². The first-order valence-electron chi connectivity index (χ1n) is 5.46. The summed E-state index contributed by atoms with van der Waals surface area (Å²) in [4.78, 5) is 15.2. The van der Waals surface area contributed by atoms with Crippen molar-refractivity contribution in [3.8, 4) is 0 Å². The summed E-state index contributed by atoms with van der Waals surface area (Å²) in [6, 6.07) is 1.55. The quantitative estimate of drug-likeness (QED) is 0.689. The number of nitrogen functional groups attached to an aromatic ring is 1. The van der Waals surface area contributed by atoms with Crippen molar-refractivity contribution in [2.24, 2.45) is 11.7 Å². The molecule has 1 fully saturated rings. The number of hydrogen-bond donors (Lipinski definition) is 3. The highest BCUT2D eigenvalue weighted by Gasteiger charge is 2.20. The summed E-state index contributed by atoms with van der Waals surface area (Å²) in [7, 11) is 0. The molecule has 0 radical (unpaired) electrons. The largest absolute Gasteiger partial charge is 0.397 e. The second kappa shape index (κ2) is 4.38. The summed E-state index contributed by atoms with van der Waals surface area (Å²) in [5.41, 5.74) is 11.6. The molecule has 1 aliphatic carbocycles. The molecule has 2 rings (SSSR count). The molecule has 0 saturated heterocycles. The minimum atomic E-state index is -0.506. The van der Waals surface area contributed by atoms with Crippen molar-refractivity contribution in [3.63, 3.8) is 0 Å². The monoisotopic (exact) mass is 220 g/mol. The standard InChI is InChI=1S/C11H16N4O/c12-8-5-9(10(13)16)11(15-6-8)14-4-3-7-1-2-7/h5-7H,1-4,12H2,(H2,13,16)(H,14,15). The normalized spacial score (nSPS) is 14.8. The van der Waals surface area contributed by atoms with Crippen LogP contribution in [0.4, 0.5) is 11.5 Å². The maximum atomic E-state index is 11.2. The van der Waals surface area contributed by atoms with E-state index in [1.165, 1.54) is 19.0 Å². The highest BCUT2D eigenvalue weighted by molar-refractivity contribution is 5.98. The van der Waals surface area contributed by atoms with Crippen LogP contribution in [-0.4, -0.2) is 17.4 Å². The Balaban J connectivity index is 2.02. The van der Waals surface area contributed by atoms with Crippen molar-refractivity contribution in [1.82, 2.24) is 4.98 Å². The Bertz CT molecular complexity index is 401. The molecule has 0 aliphatic heterocycles. The SMILES string of the molecule is NC(=O)c1cc(N)cnc1NCCC1CC1. The van der Waals surface area contributed by atoms with Crippen molar-refractivity contribution in [2.45, 2.75) is 19.3 Å². The number of nitrogens with one attached hydrogen (secondary N) is 1. The molecular formula is C11H16N4O. The molecule has 1 saturated carbocycles. The Morgan fingerprint density at radius 2 is 2.31 bits per heavy atom. The highest BCUT2D eigenvalue weighted by atomic mass is 16.1. The summed E-state index contributed by atoms with van der Waals surface area (Å²) in [6.07, 6.45) is 5.27. The first-order valence-corrected chi connectivity index (χ1v) is 5.46. The van der Waals surface area contributed by atoms with Crippen LogP contribution in [0, 0.1) is 5.92 Å². The number of anilines is 2. The van der Waals surface area contributed by atoms with Gasteiger partial charge in [0, 0.05) is 6.54 Å². The Hall–Kier alpha value is -1.78. The van der Waals surface area contributed by atoms with E-state index < -0.39 is 5.91 Å². The first-order chi connectivity index (χ1) is 7.66. The van der Waals surface area contributed by atoms with Gasteiger partial charge in [0.1, 0.15) is 5.82 Å². The average Bonchev–Trinajstić information content (AvgIpc) is 3.04. The van der Waals surface area contributed by atoms with Crippen LogP contribution in [0.1, 0.15) is 29.6 Å². The minimum absolute atomic E-state index is 0.357. The third-order valence-corrected chi connectivity index (χ3v) is 2.72. The lowest BCUT2D eigenvalue weighted by Gasteiger charge is -2.09.